The maximum Gasteiger partial charge on any atom is 0.252 e. The van der Waals surface area contributed by atoms with Gasteiger partial charge in [-0.1, -0.05) is 26.3 Å². The van der Waals surface area contributed by atoms with Crippen molar-refractivity contribution in [3.63, 3.8) is 0 Å². The molecule has 0 spiro atoms. The van der Waals surface area contributed by atoms with E-state index in [4.69, 9.17) is 4.74 Å². The maximum absolute atomic E-state index is 11.7. The molecule has 0 aliphatic heterocycles. The molecule has 0 radical (unpaired) electrons. The van der Waals surface area contributed by atoms with Gasteiger partial charge in [-0.15, -0.1) is 0 Å². The van der Waals surface area contributed by atoms with Gasteiger partial charge in [-0.3, -0.25) is 9.78 Å². The van der Waals surface area contributed by atoms with E-state index in [1.54, 1.807) is 6.07 Å². The number of aromatic amines is 1. The first kappa shape index (κ1) is 16.1. The highest BCUT2D eigenvalue weighted by Crippen LogP contribution is 2.19. The third-order valence-corrected chi connectivity index (χ3v) is 3.15. The van der Waals surface area contributed by atoms with Gasteiger partial charge in [0.1, 0.15) is 5.75 Å². The van der Waals surface area contributed by atoms with Crippen LogP contribution in [0.5, 0.6) is 5.75 Å². The highest BCUT2D eigenvalue weighted by Gasteiger charge is 2.03. The minimum Gasteiger partial charge on any atom is -0.494 e. The lowest BCUT2D eigenvalue weighted by Crippen LogP contribution is -2.12. The highest BCUT2D eigenvalue weighted by atomic mass is 16.5. The molecule has 2 rings (SSSR count). The lowest BCUT2D eigenvalue weighted by molar-refractivity contribution is 0.317. The minimum atomic E-state index is -0.137. The van der Waals surface area contributed by atoms with Crippen LogP contribution < -0.4 is 15.6 Å². The molecule has 5 heteroatoms. The number of anilines is 2. The molecule has 2 N–H and O–H groups in total. The fourth-order valence-electron chi connectivity index (χ4n) is 2.07. The van der Waals surface area contributed by atoms with Crippen molar-refractivity contribution >= 4 is 11.6 Å². The topological polar surface area (TPSA) is 67.0 Å². The Morgan fingerprint density at radius 3 is 2.86 bits per heavy atom. The third kappa shape index (κ3) is 4.91. The van der Waals surface area contributed by atoms with Crippen LogP contribution >= 0.6 is 0 Å². The Bertz CT molecular complexity index is 652. The maximum atomic E-state index is 11.7. The van der Waals surface area contributed by atoms with Crippen LogP contribution in [0.3, 0.4) is 0 Å². The van der Waals surface area contributed by atoms with Crippen molar-refractivity contribution in [2.24, 2.45) is 0 Å². The normalized spacial score (nSPS) is 10.5. The highest BCUT2D eigenvalue weighted by molar-refractivity contribution is 5.55. The molecular weight excluding hydrogens is 278 g/mol. The molecule has 5 nitrogen and oxygen atoms in total. The summed E-state index contributed by atoms with van der Waals surface area (Å²) in [6.45, 7) is 4.87. The molecule has 22 heavy (non-hydrogen) atoms. The SMILES string of the molecule is CCCCc1cc(=O)[nH]c(Nc2cccc(OCCC)c2)n1. The molecule has 1 aromatic carbocycles. The summed E-state index contributed by atoms with van der Waals surface area (Å²) in [5.41, 5.74) is 1.51. The first-order chi connectivity index (χ1) is 10.7. The van der Waals surface area contributed by atoms with Gasteiger partial charge in [0.25, 0.3) is 5.56 Å². The fraction of sp³-hybridized carbons (Fsp3) is 0.412. The lowest BCUT2D eigenvalue weighted by atomic mass is 10.2. The molecule has 1 heterocycles. The van der Waals surface area contributed by atoms with Gasteiger partial charge in [0.15, 0.2) is 0 Å². The molecule has 0 saturated carbocycles. The zero-order valence-corrected chi connectivity index (χ0v) is 13.2. The molecule has 2 aromatic rings. The van der Waals surface area contributed by atoms with Crippen molar-refractivity contribution in [1.82, 2.24) is 9.97 Å². The summed E-state index contributed by atoms with van der Waals surface area (Å²) in [6, 6.07) is 9.19. The Morgan fingerprint density at radius 1 is 1.23 bits per heavy atom. The Hall–Kier alpha value is -2.30. The predicted octanol–water partition coefficient (Wildman–Crippen LogP) is 3.64. The van der Waals surface area contributed by atoms with Crippen LogP contribution in [-0.2, 0) is 6.42 Å². The van der Waals surface area contributed by atoms with Crippen LogP contribution in [0.15, 0.2) is 35.1 Å². The van der Waals surface area contributed by atoms with E-state index in [2.05, 4.69) is 29.1 Å². The van der Waals surface area contributed by atoms with Gasteiger partial charge >= 0.3 is 0 Å². The van der Waals surface area contributed by atoms with Gasteiger partial charge in [0, 0.05) is 23.5 Å². The second kappa shape index (κ2) is 8.22. The number of H-pyrrole nitrogens is 1. The van der Waals surface area contributed by atoms with Crippen LogP contribution in [0, 0.1) is 0 Å². The number of aryl methyl sites for hydroxylation is 1. The van der Waals surface area contributed by atoms with Crippen LogP contribution in [0.1, 0.15) is 38.8 Å². The standard InChI is InChI=1S/C17H23N3O2/c1-3-5-7-14-12-16(21)20-17(19-14)18-13-8-6-9-15(11-13)22-10-4-2/h6,8-9,11-12H,3-5,7,10H2,1-2H3,(H2,18,19,20,21). The molecular formula is C17H23N3O2. The van der Waals surface area contributed by atoms with E-state index in [9.17, 15) is 4.79 Å². The van der Waals surface area contributed by atoms with E-state index in [0.29, 0.717) is 12.6 Å². The van der Waals surface area contributed by atoms with E-state index < -0.39 is 0 Å². The van der Waals surface area contributed by atoms with Crippen molar-refractivity contribution in [1.29, 1.82) is 0 Å². The van der Waals surface area contributed by atoms with E-state index in [0.717, 1.165) is 42.8 Å². The van der Waals surface area contributed by atoms with Gasteiger partial charge in [-0.2, -0.15) is 0 Å². The molecule has 0 amide bonds. The van der Waals surface area contributed by atoms with Crippen molar-refractivity contribution in [3.05, 3.63) is 46.4 Å². The van der Waals surface area contributed by atoms with Gasteiger partial charge in [-0.25, -0.2) is 4.98 Å². The minimum absolute atomic E-state index is 0.137. The molecule has 0 fully saturated rings. The summed E-state index contributed by atoms with van der Waals surface area (Å²) in [6.07, 6.45) is 3.88. The molecule has 0 aliphatic rings. The van der Waals surface area contributed by atoms with E-state index in [1.165, 1.54) is 0 Å². The summed E-state index contributed by atoms with van der Waals surface area (Å²) in [4.78, 5) is 18.9. The largest absolute Gasteiger partial charge is 0.494 e. The van der Waals surface area contributed by atoms with Crippen molar-refractivity contribution < 1.29 is 4.74 Å². The van der Waals surface area contributed by atoms with Crippen molar-refractivity contribution in [2.75, 3.05) is 11.9 Å². The van der Waals surface area contributed by atoms with E-state index >= 15 is 0 Å². The van der Waals surface area contributed by atoms with Crippen molar-refractivity contribution in [3.8, 4) is 5.75 Å². The number of hydrogen-bond donors (Lipinski definition) is 2. The zero-order chi connectivity index (χ0) is 15.8. The molecule has 0 unspecified atom stereocenters. The molecule has 1 aromatic heterocycles. The lowest BCUT2D eigenvalue weighted by Gasteiger charge is -2.09. The van der Waals surface area contributed by atoms with E-state index in [1.807, 2.05) is 24.3 Å². The molecule has 0 aliphatic carbocycles. The van der Waals surface area contributed by atoms with Gasteiger partial charge < -0.3 is 10.1 Å². The summed E-state index contributed by atoms with van der Waals surface area (Å²) < 4.78 is 5.60. The molecule has 0 bridgehead atoms. The van der Waals surface area contributed by atoms with Crippen LogP contribution in [0.25, 0.3) is 0 Å². The second-order valence-electron chi connectivity index (χ2n) is 5.19. The number of ether oxygens (including phenoxy) is 1. The Balaban J connectivity index is 2.12. The van der Waals surface area contributed by atoms with E-state index in [-0.39, 0.29) is 5.56 Å². The van der Waals surface area contributed by atoms with Crippen molar-refractivity contribution in [2.45, 2.75) is 39.5 Å². The second-order valence-corrected chi connectivity index (χ2v) is 5.19. The first-order valence-corrected chi connectivity index (χ1v) is 7.81. The van der Waals surface area contributed by atoms with Crippen LogP contribution in [-0.4, -0.2) is 16.6 Å². The van der Waals surface area contributed by atoms with Crippen LogP contribution in [0.4, 0.5) is 11.6 Å². The summed E-state index contributed by atoms with van der Waals surface area (Å²) >= 11 is 0. The Morgan fingerprint density at radius 2 is 2.09 bits per heavy atom. The third-order valence-electron chi connectivity index (χ3n) is 3.15. The molecule has 0 saturated heterocycles. The smallest absolute Gasteiger partial charge is 0.252 e. The zero-order valence-electron chi connectivity index (χ0n) is 13.2. The number of hydrogen-bond acceptors (Lipinski definition) is 4. The number of aromatic nitrogens is 2. The molecule has 118 valence electrons. The number of nitrogens with one attached hydrogen (secondary N) is 2. The quantitative estimate of drug-likeness (QED) is 0.781. The van der Waals surface area contributed by atoms with Crippen LogP contribution in [0.2, 0.25) is 0 Å². The number of nitrogens with zero attached hydrogens (tertiary/aromatic N) is 1. The number of rotatable bonds is 8. The molecule has 0 atom stereocenters. The summed E-state index contributed by atoms with van der Waals surface area (Å²) in [7, 11) is 0. The Labute approximate surface area is 130 Å². The first-order valence-electron chi connectivity index (χ1n) is 7.81. The summed E-state index contributed by atoms with van der Waals surface area (Å²) in [5.74, 6) is 1.27. The fourth-order valence-corrected chi connectivity index (χ4v) is 2.07. The average molecular weight is 301 g/mol. The predicted molar refractivity (Wildman–Crippen MR) is 89.0 cm³/mol. The number of benzene rings is 1. The van der Waals surface area contributed by atoms with Gasteiger partial charge in [-0.05, 0) is 31.4 Å². The summed E-state index contributed by atoms with van der Waals surface area (Å²) in [5, 5.41) is 3.13. The Kier molecular flexibility index (Phi) is 6.01. The monoisotopic (exact) mass is 301 g/mol. The van der Waals surface area contributed by atoms with Gasteiger partial charge in [0.2, 0.25) is 5.95 Å². The van der Waals surface area contributed by atoms with Gasteiger partial charge in [0.05, 0.1) is 6.61 Å². The number of unbranched alkanes of at least 4 members (excludes halogenated alkanes) is 1. The average Bonchev–Trinajstić information content (AvgIpc) is 2.51.